The van der Waals surface area contributed by atoms with Gasteiger partial charge in [-0.2, -0.15) is 4.51 Å². The summed E-state index contributed by atoms with van der Waals surface area (Å²) in [5.74, 6) is 0. The van der Waals surface area contributed by atoms with Crippen LogP contribution in [0.5, 0.6) is 0 Å². The molecule has 0 amide bonds. The second-order valence-corrected chi connectivity index (χ2v) is 12.9. The molecule has 0 fully saturated rings. The summed E-state index contributed by atoms with van der Waals surface area (Å²) >= 11 is 36.5. The zero-order valence-electron chi connectivity index (χ0n) is 10.4. The first kappa shape index (κ1) is 21.0. The van der Waals surface area contributed by atoms with Gasteiger partial charge in [0.15, 0.2) is 7.20 Å². The van der Waals surface area contributed by atoms with E-state index in [-0.39, 0.29) is 0 Å². The first-order chi connectivity index (χ1) is 9.52. The molecule has 0 aromatic carbocycles. The van der Waals surface area contributed by atoms with Crippen LogP contribution in [0.2, 0.25) is 0 Å². The Morgan fingerprint density at radius 3 is 2.29 bits per heavy atom. The van der Waals surface area contributed by atoms with E-state index in [2.05, 4.69) is 4.51 Å². The minimum atomic E-state index is -1.97. The van der Waals surface area contributed by atoms with Gasteiger partial charge in [-0.15, -0.1) is 11.6 Å². The summed E-state index contributed by atoms with van der Waals surface area (Å²) in [4.78, 5) is 0. The van der Waals surface area contributed by atoms with Crippen molar-refractivity contribution in [2.24, 2.45) is 17.2 Å². The van der Waals surface area contributed by atoms with Crippen LogP contribution in [0.25, 0.3) is 0 Å². The van der Waals surface area contributed by atoms with Gasteiger partial charge in [-0.1, -0.05) is 46.4 Å². The Morgan fingerprint density at radius 1 is 1.29 bits per heavy atom. The van der Waals surface area contributed by atoms with Gasteiger partial charge in [-0.25, -0.2) is 4.09 Å². The van der Waals surface area contributed by atoms with Crippen molar-refractivity contribution in [3.8, 4) is 0 Å². The van der Waals surface area contributed by atoms with Crippen molar-refractivity contribution in [3.05, 3.63) is 0 Å². The second kappa shape index (κ2) is 8.34. The second-order valence-electron chi connectivity index (χ2n) is 3.83. The highest BCUT2D eigenvalue weighted by atomic mass is 35.7. The number of nitrogens with two attached hydrogens (primary N) is 3. The van der Waals surface area contributed by atoms with Crippen molar-refractivity contribution in [2.45, 2.75) is 27.1 Å². The molecule has 0 spiro atoms. The van der Waals surface area contributed by atoms with E-state index in [0.717, 1.165) is 0 Å². The fraction of sp³-hybridized carbons (Fsp3) is 1.00. The van der Waals surface area contributed by atoms with Crippen molar-refractivity contribution < 1.29 is 0 Å². The molecule has 3 unspecified atom stereocenters. The Labute approximate surface area is 155 Å². The molecule has 0 radical (unpaired) electrons. The topological polar surface area (TPSA) is 101 Å². The maximum absolute atomic E-state index is 6.28. The molecule has 3 atom stereocenters. The van der Waals surface area contributed by atoms with Crippen LogP contribution < -0.4 is 17.2 Å². The van der Waals surface area contributed by atoms with Gasteiger partial charge in [-0.3, -0.25) is 9.83 Å². The fourth-order valence-corrected chi connectivity index (χ4v) is 10.6. The molecule has 1 aromatic heterocycles. The summed E-state index contributed by atoms with van der Waals surface area (Å²) < 4.78 is 3.80. The molecule has 0 aliphatic heterocycles. The molecule has 0 saturated carbocycles. The largest absolute Gasteiger partial charge is 0.329 e. The van der Waals surface area contributed by atoms with Crippen molar-refractivity contribution in [1.82, 2.24) is 12.7 Å². The van der Waals surface area contributed by atoms with Crippen molar-refractivity contribution in [3.63, 3.8) is 0 Å². The van der Waals surface area contributed by atoms with Gasteiger partial charge < -0.3 is 11.5 Å². The number of aromatic nitrogens is 3. The monoisotopic (exact) mass is 472 g/mol. The van der Waals surface area contributed by atoms with Gasteiger partial charge in [0.2, 0.25) is 8.91 Å². The first-order valence-corrected chi connectivity index (χ1v) is 11.7. The molecule has 124 valence electrons. The van der Waals surface area contributed by atoms with E-state index >= 15 is 0 Å². The highest BCUT2D eigenvalue weighted by Crippen LogP contribution is 2.55. The van der Waals surface area contributed by atoms with E-state index in [0.29, 0.717) is 27.8 Å². The van der Waals surface area contributed by atoms with Gasteiger partial charge in [-0.05, 0) is 11.2 Å². The van der Waals surface area contributed by atoms with E-state index in [1.54, 1.807) is 0 Å². The number of halogens is 6. The average molecular weight is 475 g/mol. The van der Waals surface area contributed by atoms with Gasteiger partial charge in [0.25, 0.3) is 0 Å². The van der Waals surface area contributed by atoms with Crippen LogP contribution in [0.4, 0.5) is 0 Å². The Bertz CT molecular complexity index is 511. The average Bonchev–Trinajstić information content (AvgIpc) is 2.30. The Balaban J connectivity index is 3.58. The lowest BCUT2D eigenvalue weighted by Crippen LogP contribution is -2.46. The number of rotatable bonds is 6. The molecule has 0 aliphatic carbocycles. The van der Waals surface area contributed by atoms with Crippen molar-refractivity contribution in [2.75, 3.05) is 6.54 Å². The molecule has 0 bridgehead atoms. The van der Waals surface area contributed by atoms with E-state index in [9.17, 15) is 0 Å². The highest BCUT2D eigenvalue weighted by molar-refractivity contribution is 7.77. The number of nitrogens with zero attached hydrogens (tertiary/aromatic N) is 3. The molecule has 6 N–H and O–H groups in total. The highest BCUT2D eigenvalue weighted by Gasteiger charge is 2.48. The fourth-order valence-electron chi connectivity index (χ4n) is 1.33. The smallest absolute Gasteiger partial charge is 0.249 e. The lowest BCUT2D eigenvalue weighted by Gasteiger charge is -2.35. The van der Waals surface area contributed by atoms with Crippen LogP contribution in [0, 0.1) is 0 Å². The maximum atomic E-state index is 6.28. The molecule has 0 aliphatic rings. The molecule has 1 rings (SSSR count). The summed E-state index contributed by atoms with van der Waals surface area (Å²) in [5, 5.41) is 0. The third kappa shape index (κ3) is 5.19. The summed E-state index contributed by atoms with van der Waals surface area (Å²) in [6.07, 6.45) is 0.357. The zero-order valence-corrected chi connectivity index (χ0v) is 17.6. The van der Waals surface area contributed by atoms with Crippen LogP contribution in [-0.2, 0) is 17.2 Å². The quantitative estimate of drug-likeness (QED) is 0.428. The molecule has 21 heavy (non-hydrogen) atoms. The molecule has 1 heterocycles. The van der Waals surface area contributed by atoms with Crippen LogP contribution in [0.3, 0.4) is 0 Å². The predicted molar refractivity (Wildman–Crippen MR) is 98.2 cm³/mol. The van der Waals surface area contributed by atoms with Crippen molar-refractivity contribution in [1.29, 1.82) is 0 Å². The molecule has 1 aromatic rings. The molecule has 15 heteroatoms. The third-order valence-electron chi connectivity index (χ3n) is 2.18. The lowest BCUT2D eigenvalue weighted by molar-refractivity contribution is 0.592. The number of hydrogen-bond donors (Lipinski definition) is 3. The minimum Gasteiger partial charge on any atom is -0.329 e. The summed E-state index contributed by atoms with van der Waals surface area (Å²) in [7, 11) is -2.16. The van der Waals surface area contributed by atoms with Crippen LogP contribution >= 0.6 is 92.8 Å². The molecule has 6 nitrogen and oxygen atoms in total. The molecular weight excluding hydrogens is 462 g/mol. The summed E-state index contributed by atoms with van der Waals surface area (Å²) in [6.45, 7) is 0.933. The van der Waals surface area contributed by atoms with E-state index in [4.69, 9.17) is 86.4 Å². The van der Waals surface area contributed by atoms with Gasteiger partial charge in [0.1, 0.15) is 8.51 Å². The van der Waals surface area contributed by atoms with Crippen molar-refractivity contribution >= 4 is 92.8 Å². The Kier molecular flexibility index (Phi) is 8.32. The summed E-state index contributed by atoms with van der Waals surface area (Å²) in [6, 6.07) is 0. The van der Waals surface area contributed by atoms with Gasteiger partial charge in [0, 0.05) is 27.1 Å². The van der Waals surface area contributed by atoms with E-state index < -0.39 is 29.5 Å². The zero-order chi connectivity index (χ0) is 16.4. The van der Waals surface area contributed by atoms with Gasteiger partial charge in [0.05, 0.1) is 5.50 Å². The predicted octanol–water partition coefficient (Wildman–Crippen LogP) is 4.02. The number of alkyl halides is 5. The Morgan fingerprint density at radius 2 is 1.86 bits per heavy atom. The third-order valence-corrected chi connectivity index (χ3v) is 12.4. The van der Waals surface area contributed by atoms with Gasteiger partial charge >= 0.3 is 0 Å². The van der Waals surface area contributed by atoms with Crippen LogP contribution in [-0.4, -0.2) is 29.2 Å². The maximum Gasteiger partial charge on any atom is 0.249 e. The number of hydrogen-bond acceptors (Lipinski definition) is 4. The van der Waals surface area contributed by atoms with E-state index in [1.165, 1.54) is 4.09 Å². The summed E-state index contributed by atoms with van der Waals surface area (Å²) in [5.41, 5.74) is 16.3. The molecular formula is C6H13Cl6N6P3. The first-order valence-electron chi connectivity index (χ1n) is 5.39. The van der Waals surface area contributed by atoms with Crippen LogP contribution in [0.15, 0.2) is 0 Å². The normalized spacial score (nSPS) is 16.4. The van der Waals surface area contributed by atoms with E-state index in [1.807, 2.05) is 4.09 Å². The molecule has 0 saturated heterocycles. The lowest BCUT2D eigenvalue weighted by atomic mass is 10.6. The van der Waals surface area contributed by atoms with Crippen LogP contribution in [0.1, 0.15) is 0 Å². The Hall–Kier alpha value is 1.92. The minimum absolute atomic E-state index is 0.357. The SMILES string of the molecule is NCCn1pnp(Cl)n(C(Cl)(Cl)C(N)(Cl)Cl)p1CC(N)Cl. The standard InChI is InChI=1S/C6H13Cl6N6P3/c7-4(14)3-20-17(2-1-13)19-16-21(12)18(20)6(10,11)5(8,9)15/h4H,1-3,13-15H2.